The number of carbonyl (C=O) groups is 4. The molecule has 1 aliphatic rings. The third kappa shape index (κ3) is 5.25. The van der Waals surface area contributed by atoms with Crippen molar-refractivity contribution >= 4 is 29.4 Å². The number of nitrogens with one attached hydrogen (secondary N) is 3. The van der Waals surface area contributed by atoms with Gasteiger partial charge in [-0.1, -0.05) is 0 Å². The summed E-state index contributed by atoms with van der Waals surface area (Å²) in [5.74, 6) is -1.08. The predicted molar refractivity (Wildman–Crippen MR) is 104 cm³/mol. The van der Waals surface area contributed by atoms with E-state index in [-0.39, 0.29) is 12.7 Å². The molecule has 0 atom stereocenters. The number of ether oxygens (including phenoxy) is 3. The average Bonchev–Trinajstić information content (AvgIpc) is 3.24. The van der Waals surface area contributed by atoms with Gasteiger partial charge >= 0.3 is 5.97 Å². The van der Waals surface area contributed by atoms with Crippen LogP contribution in [-0.2, 0) is 14.3 Å². The highest BCUT2D eigenvalue weighted by Gasteiger charge is 2.17. The van der Waals surface area contributed by atoms with Crippen molar-refractivity contribution in [3.63, 3.8) is 0 Å². The minimum Gasteiger partial charge on any atom is -0.454 e. The van der Waals surface area contributed by atoms with E-state index >= 15 is 0 Å². The first-order valence-electron chi connectivity index (χ1n) is 8.91. The first-order valence-corrected chi connectivity index (χ1v) is 8.91. The molecule has 10 heteroatoms. The largest absolute Gasteiger partial charge is 0.454 e. The van der Waals surface area contributed by atoms with Crippen molar-refractivity contribution in [2.75, 3.05) is 32.3 Å². The van der Waals surface area contributed by atoms with Crippen LogP contribution in [0.4, 0.5) is 5.69 Å². The van der Waals surface area contributed by atoms with Gasteiger partial charge in [-0.15, -0.1) is 0 Å². The number of esters is 1. The lowest BCUT2D eigenvalue weighted by molar-refractivity contribution is -0.146. The van der Waals surface area contributed by atoms with E-state index in [9.17, 15) is 19.2 Å². The van der Waals surface area contributed by atoms with Crippen LogP contribution in [0.3, 0.4) is 0 Å². The molecule has 3 rings (SSSR count). The van der Waals surface area contributed by atoms with Crippen LogP contribution in [0.2, 0.25) is 0 Å². The predicted octanol–water partition coefficient (Wildman–Crippen LogP) is 0.687. The van der Waals surface area contributed by atoms with E-state index in [1.807, 2.05) is 0 Å². The number of benzene rings is 2. The van der Waals surface area contributed by atoms with E-state index < -0.39 is 30.9 Å². The van der Waals surface area contributed by atoms with Gasteiger partial charge in [-0.2, -0.15) is 0 Å². The molecule has 0 unspecified atom stereocenters. The molecule has 156 valence electrons. The maximum Gasteiger partial charge on any atom is 0.325 e. The Morgan fingerprint density at radius 2 is 1.63 bits per heavy atom. The van der Waals surface area contributed by atoms with Crippen molar-refractivity contribution in [3.05, 3.63) is 53.6 Å². The lowest BCUT2D eigenvalue weighted by Gasteiger charge is -2.08. The zero-order chi connectivity index (χ0) is 21.5. The normalized spacial score (nSPS) is 11.4. The zero-order valence-electron chi connectivity index (χ0n) is 16.0. The third-order valence-corrected chi connectivity index (χ3v) is 4.05. The summed E-state index contributed by atoms with van der Waals surface area (Å²) in [6.45, 7) is -0.829. The van der Waals surface area contributed by atoms with Crippen LogP contribution in [0.15, 0.2) is 42.5 Å². The molecule has 2 aromatic rings. The fourth-order valence-corrected chi connectivity index (χ4v) is 2.54. The maximum absolute atomic E-state index is 12.1. The Kier molecular flexibility index (Phi) is 6.48. The summed E-state index contributed by atoms with van der Waals surface area (Å²) < 4.78 is 15.2. The van der Waals surface area contributed by atoms with E-state index in [0.717, 1.165) is 0 Å². The monoisotopic (exact) mass is 413 g/mol. The second-order valence-corrected chi connectivity index (χ2v) is 6.12. The number of fused-ring (bicyclic) bond motifs is 1. The maximum atomic E-state index is 12.1. The lowest BCUT2D eigenvalue weighted by atomic mass is 10.2. The quantitative estimate of drug-likeness (QED) is 0.569. The van der Waals surface area contributed by atoms with Gasteiger partial charge in [0.15, 0.2) is 18.1 Å². The Morgan fingerprint density at radius 1 is 0.933 bits per heavy atom. The van der Waals surface area contributed by atoms with Gasteiger partial charge in [0.1, 0.15) is 6.54 Å². The molecule has 0 radical (unpaired) electrons. The van der Waals surface area contributed by atoms with Gasteiger partial charge in [-0.3, -0.25) is 19.2 Å². The van der Waals surface area contributed by atoms with Crippen molar-refractivity contribution in [2.24, 2.45) is 0 Å². The molecule has 10 nitrogen and oxygen atoms in total. The van der Waals surface area contributed by atoms with Crippen LogP contribution in [0.1, 0.15) is 20.7 Å². The van der Waals surface area contributed by atoms with E-state index in [2.05, 4.69) is 16.0 Å². The van der Waals surface area contributed by atoms with Crippen molar-refractivity contribution < 1.29 is 33.4 Å². The Balaban J connectivity index is 1.40. The topological polar surface area (TPSA) is 132 Å². The summed E-state index contributed by atoms with van der Waals surface area (Å²) >= 11 is 0. The SMILES string of the molecule is CNC(=O)c1ccc(NC(=O)COC(=O)CNC(=O)c2ccc3c(c2)OCO3)cc1. The number of anilines is 1. The van der Waals surface area contributed by atoms with Crippen molar-refractivity contribution in [1.29, 1.82) is 0 Å². The van der Waals surface area contributed by atoms with E-state index in [0.29, 0.717) is 28.3 Å². The molecule has 0 aliphatic carbocycles. The van der Waals surface area contributed by atoms with Crippen LogP contribution >= 0.6 is 0 Å². The summed E-state index contributed by atoms with van der Waals surface area (Å²) in [6, 6.07) is 10.8. The molecule has 0 aromatic heterocycles. The van der Waals surface area contributed by atoms with Crippen LogP contribution in [0, 0.1) is 0 Å². The summed E-state index contributed by atoms with van der Waals surface area (Å²) in [6.07, 6.45) is 0. The van der Waals surface area contributed by atoms with Gasteiger partial charge in [0.2, 0.25) is 6.79 Å². The molecule has 30 heavy (non-hydrogen) atoms. The fourth-order valence-electron chi connectivity index (χ4n) is 2.54. The minimum atomic E-state index is -0.769. The fraction of sp³-hybridized carbons (Fsp3) is 0.200. The number of hydrogen-bond acceptors (Lipinski definition) is 7. The molecule has 0 saturated heterocycles. The van der Waals surface area contributed by atoms with Crippen LogP contribution in [-0.4, -0.2) is 50.7 Å². The van der Waals surface area contributed by atoms with Gasteiger partial charge in [0.25, 0.3) is 17.7 Å². The van der Waals surface area contributed by atoms with Gasteiger partial charge in [0.05, 0.1) is 0 Å². The molecule has 1 aliphatic heterocycles. The Morgan fingerprint density at radius 3 is 2.37 bits per heavy atom. The van der Waals surface area contributed by atoms with Crippen molar-refractivity contribution in [3.8, 4) is 11.5 Å². The molecule has 3 N–H and O–H groups in total. The van der Waals surface area contributed by atoms with Crippen LogP contribution < -0.4 is 25.4 Å². The summed E-state index contributed by atoms with van der Waals surface area (Å²) in [5.41, 5.74) is 1.19. The highest BCUT2D eigenvalue weighted by Crippen LogP contribution is 2.32. The molecule has 0 bridgehead atoms. The second kappa shape index (κ2) is 9.41. The van der Waals surface area contributed by atoms with E-state index in [1.54, 1.807) is 30.3 Å². The van der Waals surface area contributed by atoms with E-state index in [1.165, 1.54) is 19.2 Å². The van der Waals surface area contributed by atoms with E-state index in [4.69, 9.17) is 14.2 Å². The van der Waals surface area contributed by atoms with Crippen molar-refractivity contribution in [1.82, 2.24) is 10.6 Å². The Hall–Kier alpha value is -4.08. The summed E-state index contributed by atoms with van der Waals surface area (Å²) in [7, 11) is 1.52. The minimum absolute atomic E-state index is 0.0903. The summed E-state index contributed by atoms with van der Waals surface area (Å²) in [5, 5.41) is 7.43. The Bertz CT molecular complexity index is 973. The second-order valence-electron chi connectivity index (χ2n) is 6.12. The molecule has 0 saturated carbocycles. The smallest absolute Gasteiger partial charge is 0.325 e. The van der Waals surface area contributed by atoms with Crippen LogP contribution in [0.25, 0.3) is 0 Å². The number of amides is 3. The van der Waals surface area contributed by atoms with Gasteiger partial charge in [-0.25, -0.2) is 0 Å². The number of hydrogen-bond donors (Lipinski definition) is 3. The molecular formula is C20H19N3O7. The molecule has 0 fully saturated rings. The molecular weight excluding hydrogens is 394 g/mol. The molecule has 0 spiro atoms. The highest BCUT2D eigenvalue weighted by molar-refractivity contribution is 5.97. The first kappa shape index (κ1) is 20.6. The molecule has 3 amide bonds. The highest BCUT2D eigenvalue weighted by atomic mass is 16.7. The lowest BCUT2D eigenvalue weighted by Crippen LogP contribution is -2.32. The first-order chi connectivity index (χ1) is 14.5. The van der Waals surface area contributed by atoms with Gasteiger partial charge in [0, 0.05) is 23.9 Å². The number of rotatable bonds is 7. The summed E-state index contributed by atoms with van der Waals surface area (Å²) in [4.78, 5) is 47.2. The molecule has 1 heterocycles. The van der Waals surface area contributed by atoms with Gasteiger partial charge in [-0.05, 0) is 42.5 Å². The number of carbonyl (C=O) groups excluding carboxylic acids is 4. The Labute approximate surface area is 171 Å². The average molecular weight is 413 g/mol. The van der Waals surface area contributed by atoms with Gasteiger partial charge < -0.3 is 30.2 Å². The van der Waals surface area contributed by atoms with Crippen molar-refractivity contribution in [2.45, 2.75) is 0 Å². The molecule has 2 aromatic carbocycles. The third-order valence-electron chi connectivity index (χ3n) is 4.05. The standard InChI is InChI=1S/C20H19N3O7/c1-21-19(26)12-2-5-14(6-3-12)23-17(24)10-28-18(25)9-22-20(27)13-4-7-15-16(8-13)30-11-29-15/h2-8H,9-11H2,1H3,(H,21,26)(H,22,27)(H,23,24). The zero-order valence-corrected chi connectivity index (χ0v) is 16.0. The van der Waals surface area contributed by atoms with Crippen LogP contribution in [0.5, 0.6) is 11.5 Å².